The van der Waals surface area contributed by atoms with E-state index < -0.39 is 6.61 Å². The van der Waals surface area contributed by atoms with E-state index in [0.717, 1.165) is 5.56 Å². The van der Waals surface area contributed by atoms with Gasteiger partial charge in [0.15, 0.2) is 0 Å². The van der Waals surface area contributed by atoms with Crippen LogP contribution in [0.25, 0.3) is 0 Å². The maximum atomic E-state index is 11.9. The van der Waals surface area contributed by atoms with Gasteiger partial charge in [0.2, 0.25) is 5.91 Å². The molecule has 0 atom stereocenters. The number of nitrogens with one attached hydrogen (secondary N) is 2. The Kier molecular flexibility index (Phi) is 6.07. The van der Waals surface area contributed by atoms with Crippen LogP contribution in [0.2, 0.25) is 0 Å². The third-order valence-corrected chi connectivity index (χ3v) is 2.24. The maximum Gasteiger partial charge on any atom is 0.387 e. The fraction of sp³-hybridized carbons (Fsp3) is 0.417. The Bertz CT molecular complexity index is 369. The molecule has 18 heavy (non-hydrogen) atoms. The minimum Gasteiger partial charge on any atom is -0.435 e. The molecular weight excluding hydrogens is 242 g/mol. The average molecular weight is 258 g/mol. The van der Waals surface area contributed by atoms with Crippen LogP contribution in [0.15, 0.2) is 24.3 Å². The molecule has 0 aliphatic rings. The van der Waals surface area contributed by atoms with Gasteiger partial charge in [-0.25, -0.2) is 0 Å². The van der Waals surface area contributed by atoms with Crippen LogP contribution < -0.4 is 15.4 Å². The summed E-state index contributed by atoms with van der Waals surface area (Å²) in [7, 11) is 1.77. The summed E-state index contributed by atoms with van der Waals surface area (Å²) in [4.78, 5) is 11.3. The van der Waals surface area contributed by atoms with Crippen LogP contribution >= 0.6 is 0 Å². The second-order valence-electron chi connectivity index (χ2n) is 3.65. The SMILES string of the molecule is CNCCC(=O)NCc1ccc(OC(F)F)cc1. The Hall–Kier alpha value is -1.69. The van der Waals surface area contributed by atoms with Crippen LogP contribution in [0.4, 0.5) is 8.78 Å². The summed E-state index contributed by atoms with van der Waals surface area (Å²) in [6, 6.07) is 6.16. The number of hydrogen-bond acceptors (Lipinski definition) is 3. The van der Waals surface area contributed by atoms with Gasteiger partial charge in [0.25, 0.3) is 0 Å². The first-order valence-corrected chi connectivity index (χ1v) is 5.57. The van der Waals surface area contributed by atoms with Gasteiger partial charge in [-0.1, -0.05) is 12.1 Å². The van der Waals surface area contributed by atoms with Gasteiger partial charge < -0.3 is 15.4 Å². The van der Waals surface area contributed by atoms with Gasteiger partial charge in [-0.2, -0.15) is 8.78 Å². The molecule has 6 heteroatoms. The molecule has 0 fully saturated rings. The van der Waals surface area contributed by atoms with Gasteiger partial charge in [0.05, 0.1) is 0 Å². The highest BCUT2D eigenvalue weighted by atomic mass is 19.3. The van der Waals surface area contributed by atoms with Crippen LogP contribution in [-0.4, -0.2) is 26.1 Å². The Morgan fingerprint density at radius 2 is 2.00 bits per heavy atom. The Labute approximate surface area is 104 Å². The highest BCUT2D eigenvalue weighted by molar-refractivity contribution is 5.76. The first-order valence-electron chi connectivity index (χ1n) is 5.57. The van der Waals surface area contributed by atoms with E-state index in [1.165, 1.54) is 12.1 Å². The highest BCUT2D eigenvalue weighted by Crippen LogP contribution is 2.14. The number of amides is 1. The Morgan fingerprint density at radius 3 is 2.56 bits per heavy atom. The molecule has 0 aromatic heterocycles. The summed E-state index contributed by atoms with van der Waals surface area (Å²) < 4.78 is 28.0. The first-order chi connectivity index (χ1) is 8.61. The number of alkyl halides is 2. The quantitative estimate of drug-likeness (QED) is 0.779. The molecule has 0 saturated heterocycles. The lowest BCUT2D eigenvalue weighted by Gasteiger charge is -2.07. The molecule has 0 aliphatic heterocycles. The Balaban J connectivity index is 2.37. The summed E-state index contributed by atoms with van der Waals surface area (Å²) in [5.74, 6) is 0.0486. The molecule has 0 spiro atoms. The number of hydrogen-bond donors (Lipinski definition) is 2. The number of benzene rings is 1. The molecule has 0 radical (unpaired) electrons. The van der Waals surface area contributed by atoms with E-state index in [9.17, 15) is 13.6 Å². The van der Waals surface area contributed by atoms with Crippen LogP contribution in [0, 0.1) is 0 Å². The van der Waals surface area contributed by atoms with E-state index in [-0.39, 0.29) is 11.7 Å². The van der Waals surface area contributed by atoms with Crippen molar-refractivity contribution in [1.29, 1.82) is 0 Å². The van der Waals surface area contributed by atoms with E-state index in [2.05, 4.69) is 15.4 Å². The van der Waals surface area contributed by atoms with Crippen molar-refractivity contribution in [3.8, 4) is 5.75 Å². The van der Waals surface area contributed by atoms with Crippen LogP contribution in [0.5, 0.6) is 5.75 Å². The summed E-state index contributed by atoms with van der Waals surface area (Å²) in [5, 5.41) is 5.60. The molecule has 1 amide bonds. The van der Waals surface area contributed by atoms with Crippen molar-refractivity contribution in [2.45, 2.75) is 19.6 Å². The Morgan fingerprint density at radius 1 is 1.33 bits per heavy atom. The van der Waals surface area contributed by atoms with Crippen molar-refractivity contribution in [1.82, 2.24) is 10.6 Å². The van der Waals surface area contributed by atoms with Gasteiger partial charge in [-0.15, -0.1) is 0 Å². The van der Waals surface area contributed by atoms with Gasteiger partial charge in [0, 0.05) is 19.5 Å². The second-order valence-corrected chi connectivity index (χ2v) is 3.65. The van der Waals surface area contributed by atoms with E-state index in [0.29, 0.717) is 19.5 Å². The number of carbonyl (C=O) groups is 1. The first kappa shape index (κ1) is 14.4. The van der Waals surface area contributed by atoms with Gasteiger partial charge in [0.1, 0.15) is 5.75 Å². The highest BCUT2D eigenvalue weighted by Gasteiger charge is 2.04. The number of ether oxygens (including phenoxy) is 1. The molecular formula is C12H16F2N2O2. The topological polar surface area (TPSA) is 50.4 Å². The van der Waals surface area contributed by atoms with Crippen LogP contribution in [-0.2, 0) is 11.3 Å². The van der Waals surface area contributed by atoms with Crippen molar-refractivity contribution in [2.24, 2.45) is 0 Å². The zero-order chi connectivity index (χ0) is 13.4. The standard InChI is InChI=1S/C12H16F2N2O2/c1-15-7-6-11(17)16-8-9-2-4-10(5-3-9)18-12(13)14/h2-5,12,15H,6-8H2,1H3,(H,16,17). The fourth-order valence-electron chi connectivity index (χ4n) is 1.32. The minimum absolute atomic E-state index is 0.0581. The second kappa shape index (κ2) is 7.60. The number of halogens is 2. The van der Waals surface area contributed by atoms with Crippen molar-refractivity contribution in [2.75, 3.05) is 13.6 Å². The zero-order valence-corrected chi connectivity index (χ0v) is 10.1. The van der Waals surface area contributed by atoms with E-state index in [4.69, 9.17) is 0 Å². The van der Waals surface area contributed by atoms with Crippen molar-refractivity contribution in [3.63, 3.8) is 0 Å². The minimum atomic E-state index is -2.82. The van der Waals surface area contributed by atoms with Gasteiger partial charge in [-0.3, -0.25) is 4.79 Å². The summed E-state index contributed by atoms with van der Waals surface area (Å²) in [6.07, 6.45) is 0.406. The fourth-order valence-corrected chi connectivity index (χ4v) is 1.32. The average Bonchev–Trinajstić information content (AvgIpc) is 2.35. The molecule has 1 aromatic carbocycles. The van der Waals surface area contributed by atoms with E-state index in [1.807, 2.05) is 0 Å². The van der Waals surface area contributed by atoms with Crippen LogP contribution in [0.1, 0.15) is 12.0 Å². The van der Waals surface area contributed by atoms with Crippen molar-refractivity contribution < 1.29 is 18.3 Å². The molecule has 100 valence electrons. The molecule has 0 bridgehead atoms. The predicted octanol–water partition coefficient (Wildman–Crippen LogP) is 1.51. The lowest BCUT2D eigenvalue weighted by Crippen LogP contribution is -2.26. The van der Waals surface area contributed by atoms with E-state index >= 15 is 0 Å². The van der Waals surface area contributed by atoms with Crippen molar-refractivity contribution in [3.05, 3.63) is 29.8 Å². The molecule has 2 N–H and O–H groups in total. The molecule has 1 rings (SSSR count). The normalized spacial score (nSPS) is 10.4. The third-order valence-electron chi connectivity index (χ3n) is 2.24. The molecule has 0 unspecified atom stereocenters. The smallest absolute Gasteiger partial charge is 0.387 e. The van der Waals surface area contributed by atoms with E-state index in [1.54, 1.807) is 19.2 Å². The molecule has 0 heterocycles. The molecule has 0 saturated carbocycles. The largest absolute Gasteiger partial charge is 0.435 e. The molecule has 0 aliphatic carbocycles. The number of carbonyl (C=O) groups excluding carboxylic acids is 1. The summed E-state index contributed by atoms with van der Waals surface area (Å²) >= 11 is 0. The van der Waals surface area contributed by atoms with Crippen LogP contribution in [0.3, 0.4) is 0 Å². The lowest BCUT2D eigenvalue weighted by atomic mass is 10.2. The lowest BCUT2D eigenvalue weighted by molar-refractivity contribution is -0.121. The zero-order valence-electron chi connectivity index (χ0n) is 10.1. The predicted molar refractivity (Wildman–Crippen MR) is 63.5 cm³/mol. The monoisotopic (exact) mass is 258 g/mol. The molecule has 4 nitrogen and oxygen atoms in total. The van der Waals surface area contributed by atoms with Gasteiger partial charge >= 0.3 is 6.61 Å². The van der Waals surface area contributed by atoms with Crippen molar-refractivity contribution >= 4 is 5.91 Å². The molecule has 1 aromatic rings. The third kappa shape index (κ3) is 5.58. The van der Waals surface area contributed by atoms with Gasteiger partial charge in [-0.05, 0) is 24.7 Å². The summed E-state index contributed by atoms with van der Waals surface area (Å²) in [5.41, 5.74) is 0.828. The number of rotatable bonds is 7. The maximum absolute atomic E-state index is 11.9. The summed E-state index contributed by atoms with van der Waals surface area (Å²) in [6.45, 7) is -1.83.